The first-order valence-corrected chi connectivity index (χ1v) is 9.23. The van der Waals surface area contributed by atoms with Crippen molar-refractivity contribution in [3.8, 4) is 0 Å². The summed E-state index contributed by atoms with van der Waals surface area (Å²) < 4.78 is 0. The van der Waals surface area contributed by atoms with E-state index in [2.05, 4.69) is 42.3 Å². The van der Waals surface area contributed by atoms with E-state index >= 15 is 0 Å². The van der Waals surface area contributed by atoms with Gasteiger partial charge in [0.25, 0.3) is 0 Å². The highest BCUT2D eigenvalue weighted by Crippen LogP contribution is 2.24. The minimum absolute atomic E-state index is 0.0560. The predicted molar refractivity (Wildman–Crippen MR) is 100 cm³/mol. The molecule has 1 aromatic carbocycles. The van der Waals surface area contributed by atoms with E-state index in [1.54, 1.807) is 6.92 Å². The van der Waals surface area contributed by atoms with E-state index in [4.69, 9.17) is 0 Å². The van der Waals surface area contributed by atoms with Crippen molar-refractivity contribution in [1.29, 1.82) is 0 Å². The lowest BCUT2D eigenvalue weighted by atomic mass is 9.92. The zero-order chi connectivity index (χ0) is 18.9. The van der Waals surface area contributed by atoms with Crippen LogP contribution in [0.25, 0.3) is 0 Å². The lowest BCUT2D eigenvalue weighted by Crippen LogP contribution is -2.50. The molecule has 6 nitrogen and oxygen atoms in total. The highest BCUT2D eigenvalue weighted by atomic mass is 16.2. The largest absolute Gasteiger partial charge is 0.368 e. The molecule has 0 aliphatic carbocycles. The lowest BCUT2D eigenvalue weighted by molar-refractivity contribution is -0.132. The molecule has 2 saturated heterocycles. The van der Waals surface area contributed by atoms with Crippen LogP contribution in [-0.2, 0) is 14.4 Å². The molecule has 0 aromatic heterocycles. The quantitative estimate of drug-likeness (QED) is 0.831. The second-order valence-electron chi connectivity index (χ2n) is 7.64. The summed E-state index contributed by atoms with van der Waals surface area (Å²) in [4.78, 5) is 40.0. The summed E-state index contributed by atoms with van der Waals surface area (Å²) in [5.74, 6) is -0.303. The molecule has 0 radical (unpaired) electrons. The highest BCUT2D eigenvalue weighted by Gasteiger charge is 2.41. The predicted octanol–water partition coefficient (Wildman–Crippen LogP) is 1.58. The fourth-order valence-corrected chi connectivity index (χ4v) is 3.84. The van der Waals surface area contributed by atoms with Crippen LogP contribution < -0.4 is 10.2 Å². The van der Waals surface area contributed by atoms with Crippen molar-refractivity contribution >= 4 is 23.3 Å². The third kappa shape index (κ3) is 3.74. The van der Waals surface area contributed by atoms with Crippen molar-refractivity contribution in [2.75, 3.05) is 31.1 Å². The fourth-order valence-electron chi connectivity index (χ4n) is 3.84. The number of ketones is 1. The molecule has 1 atom stereocenters. The van der Waals surface area contributed by atoms with E-state index in [1.165, 1.54) is 16.8 Å². The van der Waals surface area contributed by atoms with Crippen molar-refractivity contribution in [3.63, 3.8) is 0 Å². The van der Waals surface area contributed by atoms with Crippen molar-refractivity contribution in [1.82, 2.24) is 10.2 Å². The number of nitrogens with one attached hydrogen (secondary N) is 1. The molecule has 1 aromatic rings. The Hall–Kier alpha value is -2.37. The van der Waals surface area contributed by atoms with Gasteiger partial charge < -0.3 is 15.1 Å². The molecule has 6 heteroatoms. The number of anilines is 1. The number of rotatable bonds is 4. The number of aryl methyl sites for hydroxylation is 2. The smallest absolute Gasteiger partial charge is 0.228 e. The number of amides is 2. The summed E-state index contributed by atoms with van der Waals surface area (Å²) in [6.45, 7) is 8.90. The van der Waals surface area contributed by atoms with Crippen LogP contribution in [0.5, 0.6) is 0 Å². The maximum atomic E-state index is 12.5. The Morgan fingerprint density at radius 1 is 1.15 bits per heavy atom. The van der Waals surface area contributed by atoms with E-state index in [9.17, 15) is 14.4 Å². The number of carbonyl (C=O) groups excluding carboxylic acids is 3. The van der Waals surface area contributed by atoms with Crippen LogP contribution in [-0.4, -0.2) is 54.2 Å². The molecule has 0 spiro atoms. The van der Waals surface area contributed by atoms with Crippen LogP contribution >= 0.6 is 0 Å². The van der Waals surface area contributed by atoms with Crippen LogP contribution in [0.1, 0.15) is 37.3 Å². The van der Waals surface area contributed by atoms with Crippen LogP contribution in [0, 0.1) is 13.8 Å². The van der Waals surface area contributed by atoms with E-state index in [-0.39, 0.29) is 30.4 Å². The molecule has 1 unspecified atom stereocenters. The Balaban J connectivity index is 1.52. The maximum absolute atomic E-state index is 12.5. The van der Waals surface area contributed by atoms with E-state index in [0.29, 0.717) is 19.5 Å². The van der Waals surface area contributed by atoms with Gasteiger partial charge in [0.2, 0.25) is 11.8 Å². The van der Waals surface area contributed by atoms with Gasteiger partial charge in [0, 0.05) is 38.3 Å². The standard InChI is InChI=1S/C20H27N3O3/c1-14-4-5-16(15(2)12-14)22-8-10-23(11-9-22)19(26)6-7-20(3)17(24)13-18(25)21-20/h4-5,12H,6-11,13H2,1-3H3,(H,21,25). The summed E-state index contributed by atoms with van der Waals surface area (Å²) in [6.07, 6.45) is 0.582. The first-order valence-electron chi connectivity index (χ1n) is 9.23. The normalized spacial score (nSPS) is 23.3. The van der Waals surface area contributed by atoms with Crippen LogP contribution in [0.15, 0.2) is 18.2 Å². The molecule has 0 saturated carbocycles. The summed E-state index contributed by atoms with van der Waals surface area (Å²) >= 11 is 0. The first-order chi connectivity index (χ1) is 12.3. The average Bonchev–Trinajstić information content (AvgIpc) is 2.85. The lowest BCUT2D eigenvalue weighted by Gasteiger charge is -2.37. The van der Waals surface area contributed by atoms with E-state index < -0.39 is 5.54 Å². The van der Waals surface area contributed by atoms with Gasteiger partial charge in [0.1, 0.15) is 0 Å². The van der Waals surface area contributed by atoms with Gasteiger partial charge in [0.15, 0.2) is 5.78 Å². The minimum Gasteiger partial charge on any atom is -0.368 e. The minimum atomic E-state index is -0.881. The van der Waals surface area contributed by atoms with Crippen molar-refractivity contribution in [2.45, 2.75) is 45.6 Å². The molecule has 3 rings (SSSR count). The van der Waals surface area contributed by atoms with E-state index in [1.807, 2.05) is 4.90 Å². The van der Waals surface area contributed by atoms with Crippen LogP contribution in [0.3, 0.4) is 0 Å². The molecule has 26 heavy (non-hydrogen) atoms. The van der Waals surface area contributed by atoms with Crippen LogP contribution in [0.2, 0.25) is 0 Å². The van der Waals surface area contributed by atoms with Crippen molar-refractivity contribution < 1.29 is 14.4 Å². The Labute approximate surface area is 154 Å². The second kappa shape index (κ2) is 7.09. The molecule has 2 aliphatic rings. The second-order valence-corrected chi connectivity index (χ2v) is 7.64. The molecule has 1 N–H and O–H groups in total. The van der Waals surface area contributed by atoms with Gasteiger partial charge in [-0.25, -0.2) is 0 Å². The van der Waals surface area contributed by atoms with Gasteiger partial charge in [-0.05, 0) is 38.8 Å². The summed E-state index contributed by atoms with van der Waals surface area (Å²) in [6, 6.07) is 6.45. The molecule has 2 fully saturated rings. The molecule has 2 aliphatic heterocycles. The van der Waals surface area contributed by atoms with Gasteiger partial charge in [0.05, 0.1) is 12.0 Å². The maximum Gasteiger partial charge on any atom is 0.228 e. The fraction of sp³-hybridized carbons (Fsp3) is 0.550. The topological polar surface area (TPSA) is 69.7 Å². The Kier molecular flexibility index (Phi) is 5.03. The summed E-state index contributed by atoms with van der Waals surface area (Å²) in [5, 5.41) is 2.71. The zero-order valence-electron chi connectivity index (χ0n) is 15.8. The number of carbonyl (C=O) groups is 3. The number of nitrogens with zero attached hydrogens (tertiary/aromatic N) is 2. The van der Waals surface area contributed by atoms with Gasteiger partial charge in [-0.1, -0.05) is 17.7 Å². The first kappa shape index (κ1) is 18.4. The number of hydrogen-bond acceptors (Lipinski definition) is 4. The Morgan fingerprint density at radius 2 is 1.85 bits per heavy atom. The molecular formula is C20H27N3O3. The summed E-state index contributed by atoms with van der Waals surface area (Å²) in [5.41, 5.74) is 2.86. The van der Waals surface area contributed by atoms with Gasteiger partial charge in [-0.2, -0.15) is 0 Å². The Bertz CT molecular complexity index is 738. The molecule has 0 bridgehead atoms. The van der Waals surface area contributed by atoms with Gasteiger partial charge >= 0.3 is 0 Å². The molecular weight excluding hydrogens is 330 g/mol. The third-order valence-electron chi connectivity index (χ3n) is 5.52. The van der Waals surface area contributed by atoms with Crippen molar-refractivity contribution in [2.24, 2.45) is 0 Å². The highest BCUT2D eigenvalue weighted by molar-refractivity contribution is 6.10. The number of Topliss-reactive ketones (excluding diaryl/α,β-unsaturated/α-hetero) is 1. The third-order valence-corrected chi connectivity index (χ3v) is 5.52. The average molecular weight is 357 g/mol. The van der Waals surface area contributed by atoms with Crippen LogP contribution in [0.4, 0.5) is 5.69 Å². The SMILES string of the molecule is Cc1ccc(N2CCN(C(=O)CCC3(C)NC(=O)CC3=O)CC2)c(C)c1. The van der Waals surface area contributed by atoms with E-state index in [0.717, 1.165) is 13.1 Å². The van der Waals surface area contributed by atoms with Gasteiger partial charge in [-0.3, -0.25) is 14.4 Å². The number of piperazine rings is 1. The molecule has 140 valence electrons. The number of hydrogen-bond donors (Lipinski definition) is 1. The number of benzene rings is 1. The molecule has 2 heterocycles. The Morgan fingerprint density at radius 3 is 2.42 bits per heavy atom. The summed E-state index contributed by atoms with van der Waals surface area (Å²) in [7, 11) is 0. The monoisotopic (exact) mass is 357 g/mol. The van der Waals surface area contributed by atoms with Gasteiger partial charge in [-0.15, -0.1) is 0 Å². The zero-order valence-corrected chi connectivity index (χ0v) is 15.8. The molecule has 2 amide bonds. The van der Waals surface area contributed by atoms with Crippen molar-refractivity contribution in [3.05, 3.63) is 29.3 Å².